The van der Waals surface area contributed by atoms with E-state index in [0.717, 1.165) is 12.0 Å². The highest BCUT2D eigenvalue weighted by Gasteiger charge is 2.23. The standard InChI is InChI=1S/C13H20N2O2/c1-4-10(2)12(13(16)17-3)15-9-11-5-7-14-8-6-11/h5-8,10,12,15H,4,9H2,1-3H3. The van der Waals surface area contributed by atoms with Gasteiger partial charge in [-0.1, -0.05) is 20.3 Å². The lowest BCUT2D eigenvalue weighted by Gasteiger charge is -2.21. The molecule has 0 spiro atoms. The maximum absolute atomic E-state index is 11.6. The Morgan fingerprint density at radius 1 is 1.47 bits per heavy atom. The van der Waals surface area contributed by atoms with Crippen molar-refractivity contribution >= 4 is 5.97 Å². The van der Waals surface area contributed by atoms with Gasteiger partial charge in [0.1, 0.15) is 6.04 Å². The molecule has 0 aromatic carbocycles. The second kappa shape index (κ2) is 7.01. The summed E-state index contributed by atoms with van der Waals surface area (Å²) in [6.45, 7) is 4.75. The SMILES string of the molecule is CCC(C)C(NCc1ccncc1)C(=O)OC. The maximum Gasteiger partial charge on any atom is 0.323 e. The van der Waals surface area contributed by atoms with Gasteiger partial charge in [0.15, 0.2) is 0 Å². The molecule has 4 nitrogen and oxygen atoms in total. The average molecular weight is 236 g/mol. The quantitative estimate of drug-likeness (QED) is 0.765. The Morgan fingerprint density at radius 2 is 2.12 bits per heavy atom. The van der Waals surface area contributed by atoms with Crippen molar-refractivity contribution in [3.63, 3.8) is 0 Å². The van der Waals surface area contributed by atoms with E-state index in [1.165, 1.54) is 7.11 Å². The van der Waals surface area contributed by atoms with Crippen LogP contribution in [-0.4, -0.2) is 24.1 Å². The van der Waals surface area contributed by atoms with Crippen molar-refractivity contribution in [3.05, 3.63) is 30.1 Å². The van der Waals surface area contributed by atoms with Crippen LogP contribution >= 0.6 is 0 Å². The van der Waals surface area contributed by atoms with Crippen LogP contribution < -0.4 is 5.32 Å². The molecule has 0 amide bonds. The van der Waals surface area contributed by atoms with Crippen molar-refractivity contribution < 1.29 is 9.53 Å². The lowest BCUT2D eigenvalue weighted by atomic mass is 9.99. The van der Waals surface area contributed by atoms with Crippen LogP contribution in [0.3, 0.4) is 0 Å². The first kappa shape index (κ1) is 13.6. The van der Waals surface area contributed by atoms with Gasteiger partial charge in [-0.05, 0) is 23.6 Å². The predicted octanol–water partition coefficient (Wildman–Crippen LogP) is 1.76. The van der Waals surface area contributed by atoms with E-state index in [0.29, 0.717) is 6.54 Å². The highest BCUT2D eigenvalue weighted by molar-refractivity contribution is 5.75. The van der Waals surface area contributed by atoms with Crippen LogP contribution in [0.25, 0.3) is 0 Å². The fourth-order valence-electron chi connectivity index (χ4n) is 1.61. The minimum absolute atomic E-state index is 0.201. The molecule has 0 saturated heterocycles. The number of pyridine rings is 1. The molecule has 0 aliphatic carbocycles. The molecule has 0 radical (unpaired) electrons. The Bertz CT molecular complexity index is 341. The molecule has 0 bridgehead atoms. The van der Waals surface area contributed by atoms with E-state index in [-0.39, 0.29) is 17.9 Å². The molecule has 2 unspecified atom stereocenters. The fourth-order valence-corrected chi connectivity index (χ4v) is 1.61. The number of aromatic nitrogens is 1. The number of hydrogen-bond acceptors (Lipinski definition) is 4. The van der Waals surface area contributed by atoms with Gasteiger partial charge in [-0.3, -0.25) is 9.78 Å². The van der Waals surface area contributed by atoms with E-state index in [9.17, 15) is 4.79 Å². The Morgan fingerprint density at radius 3 is 2.65 bits per heavy atom. The molecule has 1 heterocycles. The second-order valence-electron chi connectivity index (χ2n) is 4.12. The summed E-state index contributed by atoms with van der Waals surface area (Å²) in [6.07, 6.45) is 4.42. The summed E-state index contributed by atoms with van der Waals surface area (Å²) in [6, 6.07) is 3.61. The van der Waals surface area contributed by atoms with Gasteiger partial charge in [-0.25, -0.2) is 0 Å². The van der Waals surface area contributed by atoms with Crippen molar-refractivity contribution in [1.29, 1.82) is 0 Å². The summed E-state index contributed by atoms with van der Waals surface area (Å²) >= 11 is 0. The zero-order chi connectivity index (χ0) is 12.7. The highest BCUT2D eigenvalue weighted by Crippen LogP contribution is 2.10. The highest BCUT2D eigenvalue weighted by atomic mass is 16.5. The molecule has 1 N–H and O–H groups in total. The van der Waals surface area contributed by atoms with Crippen LogP contribution in [0.5, 0.6) is 0 Å². The third kappa shape index (κ3) is 4.15. The Balaban J connectivity index is 2.58. The summed E-state index contributed by atoms with van der Waals surface area (Å²) in [7, 11) is 1.42. The third-order valence-electron chi connectivity index (χ3n) is 2.94. The van der Waals surface area contributed by atoms with Gasteiger partial charge >= 0.3 is 5.97 Å². The molecular weight excluding hydrogens is 216 g/mol. The number of hydrogen-bond donors (Lipinski definition) is 1. The van der Waals surface area contributed by atoms with Crippen molar-refractivity contribution in [2.24, 2.45) is 5.92 Å². The second-order valence-corrected chi connectivity index (χ2v) is 4.12. The number of rotatable bonds is 6. The number of carbonyl (C=O) groups excluding carboxylic acids is 1. The number of carbonyl (C=O) groups is 1. The van der Waals surface area contributed by atoms with Gasteiger partial charge in [0, 0.05) is 18.9 Å². The van der Waals surface area contributed by atoms with Crippen molar-refractivity contribution in [3.8, 4) is 0 Å². The number of nitrogens with zero attached hydrogens (tertiary/aromatic N) is 1. The average Bonchev–Trinajstić information content (AvgIpc) is 2.39. The molecule has 0 fully saturated rings. The molecule has 1 aromatic heterocycles. The Kier molecular flexibility index (Phi) is 5.63. The largest absolute Gasteiger partial charge is 0.468 e. The molecule has 0 aliphatic heterocycles. The van der Waals surface area contributed by atoms with Crippen molar-refractivity contribution in [2.75, 3.05) is 7.11 Å². The van der Waals surface area contributed by atoms with Crippen LogP contribution in [0.2, 0.25) is 0 Å². The summed E-state index contributed by atoms with van der Waals surface area (Å²) in [5, 5.41) is 3.24. The molecule has 17 heavy (non-hydrogen) atoms. The Hall–Kier alpha value is -1.42. The minimum atomic E-state index is -0.252. The minimum Gasteiger partial charge on any atom is -0.468 e. The van der Waals surface area contributed by atoms with Crippen molar-refractivity contribution in [2.45, 2.75) is 32.9 Å². The molecular formula is C13H20N2O2. The monoisotopic (exact) mass is 236 g/mol. The molecule has 0 aliphatic rings. The lowest BCUT2D eigenvalue weighted by molar-refractivity contribution is -0.144. The summed E-state index contributed by atoms with van der Waals surface area (Å²) in [5.74, 6) is 0.0534. The van der Waals surface area contributed by atoms with Gasteiger partial charge in [-0.15, -0.1) is 0 Å². The summed E-state index contributed by atoms with van der Waals surface area (Å²) < 4.78 is 4.81. The summed E-state index contributed by atoms with van der Waals surface area (Å²) in [4.78, 5) is 15.6. The first-order chi connectivity index (χ1) is 8.19. The van der Waals surface area contributed by atoms with Crippen LogP contribution in [0.15, 0.2) is 24.5 Å². The van der Waals surface area contributed by atoms with E-state index in [1.807, 2.05) is 19.1 Å². The van der Waals surface area contributed by atoms with Gasteiger partial charge < -0.3 is 10.1 Å². The van der Waals surface area contributed by atoms with Gasteiger partial charge in [0.2, 0.25) is 0 Å². The van der Waals surface area contributed by atoms with Crippen LogP contribution in [0.1, 0.15) is 25.8 Å². The van der Waals surface area contributed by atoms with Gasteiger partial charge in [0.05, 0.1) is 7.11 Å². The van der Waals surface area contributed by atoms with Crippen LogP contribution in [0.4, 0.5) is 0 Å². The first-order valence-electron chi connectivity index (χ1n) is 5.89. The lowest BCUT2D eigenvalue weighted by Crippen LogP contribution is -2.42. The van der Waals surface area contributed by atoms with E-state index >= 15 is 0 Å². The Labute approximate surface area is 102 Å². The molecule has 1 rings (SSSR count). The van der Waals surface area contributed by atoms with E-state index in [1.54, 1.807) is 12.4 Å². The molecule has 94 valence electrons. The molecule has 1 aromatic rings. The van der Waals surface area contributed by atoms with E-state index in [2.05, 4.69) is 17.2 Å². The fraction of sp³-hybridized carbons (Fsp3) is 0.538. The topological polar surface area (TPSA) is 51.2 Å². The molecule has 2 atom stereocenters. The number of methoxy groups -OCH3 is 1. The van der Waals surface area contributed by atoms with E-state index in [4.69, 9.17) is 4.74 Å². The van der Waals surface area contributed by atoms with Crippen LogP contribution in [0, 0.1) is 5.92 Å². The van der Waals surface area contributed by atoms with Crippen LogP contribution in [-0.2, 0) is 16.1 Å². The normalized spacial score (nSPS) is 14.1. The first-order valence-corrected chi connectivity index (χ1v) is 5.89. The zero-order valence-corrected chi connectivity index (χ0v) is 10.6. The number of ether oxygens (including phenoxy) is 1. The van der Waals surface area contributed by atoms with Crippen molar-refractivity contribution in [1.82, 2.24) is 10.3 Å². The third-order valence-corrected chi connectivity index (χ3v) is 2.94. The summed E-state index contributed by atoms with van der Waals surface area (Å²) in [5.41, 5.74) is 1.11. The maximum atomic E-state index is 11.6. The number of esters is 1. The zero-order valence-electron chi connectivity index (χ0n) is 10.6. The predicted molar refractivity (Wildman–Crippen MR) is 66.3 cm³/mol. The van der Waals surface area contributed by atoms with E-state index < -0.39 is 0 Å². The number of nitrogens with one attached hydrogen (secondary N) is 1. The van der Waals surface area contributed by atoms with Gasteiger partial charge in [0.25, 0.3) is 0 Å². The molecule has 4 heteroatoms. The molecule has 0 saturated carbocycles. The smallest absolute Gasteiger partial charge is 0.323 e. The van der Waals surface area contributed by atoms with Gasteiger partial charge in [-0.2, -0.15) is 0 Å².